The van der Waals surface area contributed by atoms with E-state index in [1.165, 1.54) is 0 Å². The van der Waals surface area contributed by atoms with Crippen molar-refractivity contribution < 1.29 is 14.3 Å². The fourth-order valence-corrected chi connectivity index (χ4v) is 3.93. The van der Waals surface area contributed by atoms with Crippen LogP contribution in [-0.2, 0) is 11.3 Å². The van der Waals surface area contributed by atoms with Crippen molar-refractivity contribution in [2.75, 3.05) is 12.3 Å². The molecule has 0 spiro atoms. The van der Waals surface area contributed by atoms with Gasteiger partial charge in [0, 0.05) is 10.0 Å². The van der Waals surface area contributed by atoms with Gasteiger partial charge in [-0.1, -0.05) is 15.9 Å². The summed E-state index contributed by atoms with van der Waals surface area (Å²) in [5, 5.41) is 9.55. The van der Waals surface area contributed by atoms with Gasteiger partial charge in [0.15, 0.2) is 0 Å². The predicted octanol–water partition coefficient (Wildman–Crippen LogP) is 4.48. The third-order valence-corrected chi connectivity index (χ3v) is 5.03. The maximum atomic E-state index is 12.0. The number of rotatable bonds is 5. The zero-order valence-electron chi connectivity index (χ0n) is 12.1. The van der Waals surface area contributed by atoms with E-state index >= 15 is 0 Å². The Hall–Kier alpha value is -1.56. The van der Waals surface area contributed by atoms with E-state index in [2.05, 4.69) is 31.9 Å². The molecule has 120 valence electrons. The minimum Gasteiger partial charge on any atom is -0.488 e. The molecule has 0 bridgehead atoms. The third kappa shape index (κ3) is 4.05. The number of ether oxygens (including phenoxy) is 2. The second-order valence-corrected chi connectivity index (χ2v) is 7.17. The van der Waals surface area contributed by atoms with E-state index in [4.69, 9.17) is 15.2 Å². The highest BCUT2D eigenvalue weighted by atomic mass is 79.9. The van der Waals surface area contributed by atoms with Crippen molar-refractivity contribution in [1.29, 1.82) is 5.26 Å². The monoisotopic (exact) mass is 458 g/mol. The smallest absolute Gasteiger partial charge is 0.348 e. The van der Waals surface area contributed by atoms with E-state index in [1.807, 2.05) is 18.2 Å². The van der Waals surface area contributed by atoms with Gasteiger partial charge in [-0.3, -0.25) is 0 Å². The van der Waals surface area contributed by atoms with Crippen LogP contribution < -0.4 is 10.5 Å². The van der Waals surface area contributed by atoms with Crippen molar-refractivity contribution in [2.24, 2.45) is 0 Å². The first-order chi connectivity index (χ1) is 11.0. The lowest BCUT2D eigenvalue weighted by molar-refractivity contribution is 0.0529. The van der Waals surface area contributed by atoms with Gasteiger partial charge < -0.3 is 15.2 Å². The predicted molar refractivity (Wildman–Crippen MR) is 95.6 cm³/mol. The first kappa shape index (κ1) is 17.8. The van der Waals surface area contributed by atoms with E-state index in [1.54, 1.807) is 13.0 Å². The van der Waals surface area contributed by atoms with Crippen LogP contribution in [0.5, 0.6) is 5.75 Å². The summed E-state index contributed by atoms with van der Waals surface area (Å²) in [4.78, 5) is 12.3. The first-order valence-electron chi connectivity index (χ1n) is 6.54. The maximum absolute atomic E-state index is 12.0. The van der Waals surface area contributed by atoms with Crippen LogP contribution in [0.25, 0.3) is 0 Å². The Labute approximate surface area is 154 Å². The third-order valence-electron chi connectivity index (χ3n) is 2.87. The Kier molecular flexibility index (Phi) is 6.04. The second-order valence-electron chi connectivity index (χ2n) is 4.34. The number of anilines is 1. The molecule has 1 aromatic heterocycles. The van der Waals surface area contributed by atoms with Gasteiger partial charge in [-0.25, -0.2) is 4.79 Å². The molecular weight excluding hydrogens is 448 g/mol. The lowest BCUT2D eigenvalue weighted by Gasteiger charge is -2.09. The molecule has 0 fully saturated rings. The number of halogens is 2. The Morgan fingerprint density at radius 1 is 1.43 bits per heavy atom. The Morgan fingerprint density at radius 3 is 2.78 bits per heavy atom. The van der Waals surface area contributed by atoms with Gasteiger partial charge in [-0.15, -0.1) is 11.3 Å². The Balaban J connectivity index is 2.31. The van der Waals surface area contributed by atoms with Gasteiger partial charge in [0.1, 0.15) is 28.3 Å². The summed E-state index contributed by atoms with van der Waals surface area (Å²) in [7, 11) is 0. The highest BCUT2D eigenvalue weighted by molar-refractivity contribution is 9.11. The number of benzene rings is 1. The maximum Gasteiger partial charge on any atom is 0.348 e. The molecule has 0 saturated carbocycles. The molecule has 0 saturated heterocycles. The minimum absolute atomic E-state index is 0.0466. The molecule has 23 heavy (non-hydrogen) atoms. The average molecular weight is 460 g/mol. The molecule has 0 aliphatic heterocycles. The van der Waals surface area contributed by atoms with Crippen LogP contribution in [0.2, 0.25) is 0 Å². The van der Waals surface area contributed by atoms with Crippen LogP contribution in [-0.4, -0.2) is 12.6 Å². The van der Waals surface area contributed by atoms with Gasteiger partial charge >= 0.3 is 5.97 Å². The Morgan fingerprint density at radius 2 is 2.17 bits per heavy atom. The summed E-state index contributed by atoms with van der Waals surface area (Å²) in [6, 6.07) is 7.47. The molecule has 0 unspecified atom stereocenters. The lowest BCUT2D eigenvalue weighted by atomic mass is 10.1. The largest absolute Gasteiger partial charge is 0.488 e. The van der Waals surface area contributed by atoms with Gasteiger partial charge in [-0.05, 0) is 41.1 Å². The van der Waals surface area contributed by atoms with E-state index in [0.717, 1.165) is 20.3 Å². The lowest BCUT2D eigenvalue weighted by Crippen LogP contribution is -2.08. The number of nitrogen functional groups attached to an aromatic ring is 1. The van der Waals surface area contributed by atoms with Crippen LogP contribution in [0.3, 0.4) is 0 Å². The van der Waals surface area contributed by atoms with Crippen LogP contribution >= 0.6 is 43.2 Å². The summed E-state index contributed by atoms with van der Waals surface area (Å²) in [6.07, 6.45) is 0. The molecule has 2 N–H and O–H groups in total. The standard InChI is InChI=1S/C15H12Br2N2O3S/c1-2-21-15(20)13-10(9(6-18)14(19)23-13)7-22-12-4-3-8(16)5-11(12)17/h3-5H,2,7,19H2,1H3. The summed E-state index contributed by atoms with van der Waals surface area (Å²) in [6.45, 7) is 2.01. The summed E-state index contributed by atoms with van der Waals surface area (Å²) in [5.74, 6) is 0.0934. The molecule has 5 nitrogen and oxygen atoms in total. The topological polar surface area (TPSA) is 85.3 Å². The highest BCUT2D eigenvalue weighted by Crippen LogP contribution is 2.34. The molecule has 1 heterocycles. The van der Waals surface area contributed by atoms with E-state index < -0.39 is 5.97 Å². The molecule has 0 aliphatic rings. The highest BCUT2D eigenvalue weighted by Gasteiger charge is 2.23. The fraction of sp³-hybridized carbons (Fsp3) is 0.200. The van der Waals surface area contributed by atoms with Gasteiger partial charge in [0.05, 0.1) is 16.6 Å². The first-order valence-corrected chi connectivity index (χ1v) is 8.94. The van der Waals surface area contributed by atoms with Gasteiger partial charge in [0.2, 0.25) is 0 Å². The van der Waals surface area contributed by atoms with Crippen molar-refractivity contribution in [3.63, 3.8) is 0 Å². The summed E-state index contributed by atoms with van der Waals surface area (Å²) in [5.41, 5.74) is 6.53. The quantitative estimate of drug-likeness (QED) is 0.666. The van der Waals surface area contributed by atoms with E-state index in [0.29, 0.717) is 16.2 Å². The number of nitrogens with zero attached hydrogens (tertiary/aromatic N) is 1. The van der Waals surface area contributed by atoms with E-state index in [-0.39, 0.29) is 23.8 Å². The molecule has 2 rings (SSSR count). The molecule has 0 radical (unpaired) electrons. The second kappa shape index (κ2) is 7.81. The molecule has 2 aromatic rings. The van der Waals surface area contributed by atoms with Crippen LogP contribution in [0.1, 0.15) is 27.7 Å². The van der Waals surface area contributed by atoms with Crippen molar-refractivity contribution in [2.45, 2.75) is 13.5 Å². The number of nitriles is 1. The molecule has 1 aromatic carbocycles. The number of esters is 1. The fourth-order valence-electron chi connectivity index (χ4n) is 1.85. The molecule has 8 heteroatoms. The van der Waals surface area contributed by atoms with Crippen molar-refractivity contribution in [3.8, 4) is 11.8 Å². The number of carbonyl (C=O) groups is 1. The number of hydrogen-bond acceptors (Lipinski definition) is 6. The summed E-state index contributed by atoms with van der Waals surface area (Å²) < 4.78 is 12.4. The summed E-state index contributed by atoms with van der Waals surface area (Å²) >= 11 is 7.80. The number of thiophene rings is 1. The zero-order chi connectivity index (χ0) is 17.0. The molecule has 0 aliphatic carbocycles. The van der Waals surface area contributed by atoms with E-state index in [9.17, 15) is 10.1 Å². The van der Waals surface area contributed by atoms with Crippen molar-refractivity contribution in [1.82, 2.24) is 0 Å². The number of hydrogen-bond donors (Lipinski definition) is 1. The molecule has 0 atom stereocenters. The van der Waals surface area contributed by atoms with Crippen LogP contribution in [0, 0.1) is 11.3 Å². The zero-order valence-corrected chi connectivity index (χ0v) is 16.0. The normalized spacial score (nSPS) is 10.2. The number of nitrogens with two attached hydrogens (primary N) is 1. The van der Waals surface area contributed by atoms with Gasteiger partial charge in [-0.2, -0.15) is 5.26 Å². The molecular formula is C15H12Br2N2O3S. The number of carbonyl (C=O) groups excluding carboxylic acids is 1. The van der Waals surface area contributed by atoms with Crippen LogP contribution in [0.15, 0.2) is 27.1 Å². The van der Waals surface area contributed by atoms with Crippen LogP contribution in [0.4, 0.5) is 5.00 Å². The van der Waals surface area contributed by atoms with Crippen molar-refractivity contribution >= 4 is 54.2 Å². The Bertz CT molecular complexity index is 784. The molecule has 0 amide bonds. The minimum atomic E-state index is -0.501. The van der Waals surface area contributed by atoms with Crippen molar-refractivity contribution in [3.05, 3.63) is 43.1 Å². The SMILES string of the molecule is CCOC(=O)c1sc(N)c(C#N)c1COc1ccc(Br)cc1Br. The van der Waals surface area contributed by atoms with Gasteiger partial charge in [0.25, 0.3) is 0 Å². The average Bonchev–Trinajstić information content (AvgIpc) is 2.82.